The zero-order valence-corrected chi connectivity index (χ0v) is 18.8. The van der Waals surface area contributed by atoms with Gasteiger partial charge in [-0.25, -0.2) is 0 Å². The minimum absolute atomic E-state index is 0.0201. The van der Waals surface area contributed by atoms with E-state index in [0.717, 1.165) is 24.3 Å². The van der Waals surface area contributed by atoms with Crippen molar-refractivity contribution < 1.29 is 14.7 Å². The number of likely N-dealkylation sites (tertiary alicyclic amines) is 1. The van der Waals surface area contributed by atoms with Crippen molar-refractivity contribution in [1.29, 1.82) is 0 Å². The van der Waals surface area contributed by atoms with Crippen LogP contribution in [0.3, 0.4) is 0 Å². The molecule has 8 nitrogen and oxygen atoms in total. The monoisotopic (exact) mass is 457 g/mol. The van der Waals surface area contributed by atoms with Crippen molar-refractivity contribution in [3.63, 3.8) is 0 Å². The van der Waals surface area contributed by atoms with Gasteiger partial charge in [0.15, 0.2) is 5.82 Å². The fourth-order valence-electron chi connectivity index (χ4n) is 4.61. The van der Waals surface area contributed by atoms with Crippen LogP contribution < -0.4 is 10.2 Å². The van der Waals surface area contributed by atoms with Crippen molar-refractivity contribution in [2.75, 3.05) is 36.4 Å². The number of aromatic hydroxyl groups is 1. The number of carbonyl (C=O) groups excluding carboxylic acids is 2. The van der Waals surface area contributed by atoms with Gasteiger partial charge in [-0.15, -0.1) is 5.10 Å². The molecule has 0 saturated carbocycles. The van der Waals surface area contributed by atoms with Crippen LogP contribution in [0.25, 0.3) is 0 Å². The summed E-state index contributed by atoms with van der Waals surface area (Å²) in [4.78, 5) is 29.2. The highest BCUT2D eigenvalue weighted by Crippen LogP contribution is 2.30. The Hall–Kier alpha value is -3.94. The van der Waals surface area contributed by atoms with Crippen molar-refractivity contribution in [1.82, 2.24) is 15.1 Å². The van der Waals surface area contributed by atoms with E-state index in [2.05, 4.69) is 27.6 Å². The van der Waals surface area contributed by atoms with E-state index in [4.69, 9.17) is 0 Å². The lowest BCUT2D eigenvalue weighted by atomic mass is 9.89. The van der Waals surface area contributed by atoms with Crippen LogP contribution in [0, 0.1) is 5.92 Å². The van der Waals surface area contributed by atoms with E-state index in [0.29, 0.717) is 37.7 Å². The van der Waals surface area contributed by atoms with Crippen LogP contribution in [-0.4, -0.2) is 58.2 Å². The first-order chi connectivity index (χ1) is 16.6. The van der Waals surface area contributed by atoms with Gasteiger partial charge in [0.1, 0.15) is 5.75 Å². The number of piperidine rings is 1. The summed E-state index contributed by atoms with van der Waals surface area (Å²) < 4.78 is 0. The van der Waals surface area contributed by atoms with E-state index < -0.39 is 0 Å². The summed E-state index contributed by atoms with van der Waals surface area (Å²) in [6.07, 6.45) is 3.41. The van der Waals surface area contributed by atoms with E-state index in [1.54, 1.807) is 24.4 Å². The molecule has 3 heterocycles. The van der Waals surface area contributed by atoms with Crippen molar-refractivity contribution in [2.45, 2.75) is 18.8 Å². The summed E-state index contributed by atoms with van der Waals surface area (Å²) >= 11 is 0. The fourth-order valence-corrected chi connectivity index (χ4v) is 4.61. The second-order valence-electron chi connectivity index (χ2n) is 8.91. The molecule has 174 valence electrons. The molecule has 0 bridgehead atoms. The van der Waals surface area contributed by atoms with Gasteiger partial charge in [0.05, 0.1) is 5.92 Å². The Kier molecular flexibility index (Phi) is 6.12. The number of rotatable bonds is 5. The SMILES string of the molecule is O=C(Nc1ccc(C2CCN(C(=O)c3cccc(O)c3)CC2)cc1)C1CN(c2cccnn2)C1. The second kappa shape index (κ2) is 9.51. The predicted molar refractivity (Wildman–Crippen MR) is 129 cm³/mol. The van der Waals surface area contributed by atoms with Gasteiger partial charge in [-0.3, -0.25) is 9.59 Å². The summed E-state index contributed by atoms with van der Waals surface area (Å²) in [5.41, 5.74) is 2.54. The number of carbonyl (C=O) groups is 2. The summed E-state index contributed by atoms with van der Waals surface area (Å²) in [7, 11) is 0. The van der Waals surface area contributed by atoms with E-state index in [1.165, 1.54) is 11.6 Å². The van der Waals surface area contributed by atoms with Crippen LogP contribution in [0.5, 0.6) is 5.75 Å². The number of phenolic OH excluding ortho intramolecular Hbond substituents is 1. The smallest absolute Gasteiger partial charge is 0.253 e. The maximum atomic E-state index is 12.7. The van der Waals surface area contributed by atoms with E-state index in [9.17, 15) is 14.7 Å². The average molecular weight is 458 g/mol. The highest BCUT2D eigenvalue weighted by Gasteiger charge is 2.33. The summed E-state index contributed by atoms with van der Waals surface area (Å²) in [5.74, 6) is 1.20. The molecule has 1 aromatic heterocycles. The molecular weight excluding hydrogens is 430 g/mol. The maximum absolute atomic E-state index is 12.7. The molecule has 2 fully saturated rings. The maximum Gasteiger partial charge on any atom is 0.253 e. The molecule has 8 heteroatoms. The summed E-state index contributed by atoms with van der Waals surface area (Å²) in [5, 5.41) is 20.6. The molecule has 34 heavy (non-hydrogen) atoms. The van der Waals surface area contributed by atoms with Crippen molar-refractivity contribution in [3.05, 3.63) is 78.0 Å². The van der Waals surface area contributed by atoms with Gasteiger partial charge in [0.2, 0.25) is 5.91 Å². The number of hydrogen-bond donors (Lipinski definition) is 2. The molecule has 0 spiro atoms. The Morgan fingerprint density at radius 3 is 2.41 bits per heavy atom. The predicted octanol–water partition coefficient (Wildman–Crippen LogP) is 3.28. The van der Waals surface area contributed by atoms with Crippen molar-refractivity contribution >= 4 is 23.3 Å². The Balaban J connectivity index is 1.10. The van der Waals surface area contributed by atoms with Crippen molar-refractivity contribution in [3.8, 4) is 5.75 Å². The zero-order chi connectivity index (χ0) is 23.5. The molecule has 0 radical (unpaired) electrons. The standard InChI is InChI=1S/C26H27N5O3/c32-23-4-1-3-20(15-23)26(34)30-13-10-19(11-14-30)18-6-8-22(9-7-18)28-25(33)21-16-31(17-21)24-5-2-12-27-29-24/h1-9,12,15,19,21,32H,10-11,13-14,16-17H2,(H,28,33). The number of nitrogens with zero attached hydrogens (tertiary/aromatic N) is 4. The second-order valence-corrected chi connectivity index (χ2v) is 8.91. The minimum atomic E-state index is -0.0601. The third-order valence-electron chi connectivity index (χ3n) is 6.66. The van der Waals surface area contributed by atoms with Gasteiger partial charge in [0.25, 0.3) is 5.91 Å². The van der Waals surface area contributed by atoms with Crippen LogP contribution in [0.1, 0.15) is 34.7 Å². The number of aromatic nitrogens is 2. The molecule has 0 atom stereocenters. The van der Waals surface area contributed by atoms with Gasteiger partial charge >= 0.3 is 0 Å². The number of amides is 2. The lowest BCUT2D eigenvalue weighted by Crippen LogP contribution is -2.52. The van der Waals surface area contributed by atoms with Crippen LogP contribution in [0.2, 0.25) is 0 Å². The van der Waals surface area contributed by atoms with E-state index >= 15 is 0 Å². The Labute approximate surface area is 198 Å². The number of phenols is 1. The minimum Gasteiger partial charge on any atom is -0.508 e. The van der Waals surface area contributed by atoms with Gasteiger partial charge in [-0.05, 0) is 66.8 Å². The van der Waals surface area contributed by atoms with Crippen LogP contribution >= 0.6 is 0 Å². The quantitative estimate of drug-likeness (QED) is 0.610. The van der Waals surface area contributed by atoms with Crippen LogP contribution in [0.4, 0.5) is 11.5 Å². The highest BCUT2D eigenvalue weighted by molar-refractivity contribution is 5.95. The van der Waals surface area contributed by atoms with E-state index in [-0.39, 0.29) is 23.5 Å². The Morgan fingerprint density at radius 1 is 0.971 bits per heavy atom. The number of hydrogen-bond acceptors (Lipinski definition) is 6. The largest absolute Gasteiger partial charge is 0.508 e. The van der Waals surface area contributed by atoms with Gasteiger partial charge in [-0.2, -0.15) is 5.10 Å². The summed E-state index contributed by atoms with van der Waals surface area (Å²) in [6.45, 7) is 2.65. The third kappa shape index (κ3) is 4.71. The number of benzene rings is 2. The topological polar surface area (TPSA) is 98.7 Å². The van der Waals surface area contributed by atoms with Gasteiger partial charge in [-0.1, -0.05) is 18.2 Å². The molecule has 0 aliphatic carbocycles. The molecule has 2 saturated heterocycles. The Morgan fingerprint density at radius 2 is 1.74 bits per heavy atom. The highest BCUT2D eigenvalue weighted by atomic mass is 16.3. The number of nitrogens with one attached hydrogen (secondary N) is 1. The van der Waals surface area contributed by atoms with E-state index in [1.807, 2.05) is 34.1 Å². The molecule has 5 rings (SSSR count). The van der Waals surface area contributed by atoms with Gasteiger partial charge < -0.3 is 20.2 Å². The van der Waals surface area contributed by atoms with Crippen molar-refractivity contribution in [2.24, 2.45) is 5.92 Å². The van der Waals surface area contributed by atoms with Crippen LogP contribution in [-0.2, 0) is 4.79 Å². The van der Waals surface area contributed by atoms with Gasteiger partial charge in [0, 0.05) is 43.6 Å². The first kappa shape index (κ1) is 21.9. The average Bonchev–Trinajstić information content (AvgIpc) is 2.84. The third-order valence-corrected chi connectivity index (χ3v) is 6.66. The first-order valence-corrected chi connectivity index (χ1v) is 11.6. The zero-order valence-electron chi connectivity index (χ0n) is 18.8. The molecule has 0 unspecified atom stereocenters. The number of anilines is 2. The Bertz CT molecular complexity index is 1150. The summed E-state index contributed by atoms with van der Waals surface area (Å²) in [6, 6.07) is 18.3. The molecule has 2 aliphatic heterocycles. The molecule has 2 aliphatic rings. The lowest BCUT2D eigenvalue weighted by molar-refractivity contribution is -0.120. The fraction of sp³-hybridized carbons (Fsp3) is 0.308. The van der Waals surface area contributed by atoms with Crippen LogP contribution in [0.15, 0.2) is 66.9 Å². The molecule has 2 aromatic carbocycles. The molecule has 3 aromatic rings. The lowest BCUT2D eigenvalue weighted by Gasteiger charge is -2.38. The molecule has 2 amide bonds. The molecular formula is C26H27N5O3. The normalized spacial score (nSPS) is 16.7. The molecule has 2 N–H and O–H groups in total. The first-order valence-electron chi connectivity index (χ1n) is 11.6.